The topological polar surface area (TPSA) is 81.5 Å². The predicted octanol–water partition coefficient (Wildman–Crippen LogP) is 1.43. The van der Waals surface area contributed by atoms with Gasteiger partial charge in [-0.2, -0.15) is 4.98 Å². The molecule has 1 unspecified atom stereocenters. The largest absolute Gasteiger partial charge is 0.478 e. The third kappa shape index (κ3) is 3.16. The number of carbonyl (C=O) groups is 1. The zero-order valence-electron chi connectivity index (χ0n) is 10.3. The normalized spacial score (nSPS) is 19.5. The maximum atomic E-state index is 10.8. The first-order valence-corrected chi connectivity index (χ1v) is 5.98. The minimum absolute atomic E-state index is 0.0850. The molecule has 1 N–H and O–H groups in total. The summed E-state index contributed by atoms with van der Waals surface area (Å²) in [5, 5.41) is 8.85. The van der Waals surface area contributed by atoms with Gasteiger partial charge in [0.25, 0.3) is 0 Å². The SMILES string of the molecule is Cc1nc(OCC2CCCCO2)ncc1C(=O)O. The number of aromatic nitrogens is 2. The van der Waals surface area contributed by atoms with Gasteiger partial charge in [-0.15, -0.1) is 0 Å². The zero-order valence-corrected chi connectivity index (χ0v) is 10.3. The third-order valence-corrected chi connectivity index (χ3v) is 2.86. The molecular weight excluding hydrogens is 236 g/mol. The molecule has 18 heavy (non-hydrogen) atoms. The lowest BCUT2D eigenvalue weighted by Gasteiger charge is -2.22. The van der Waals surface area contributed by atoms with E-state index >= 15 is 0 Å². The van der Waals surface area contributed by atoms with Crippen LogP contribution < -0.4 is 4.74 Å². The van der Waals surface area contributed by atoms with Crippen LogP contribution in [0.5, 0.6) is 6.01 Å². The van der Waals surface area contributed by atoms with Crippen LogP contribution in [0.25, 0.3) is 0 Å². The Morgan fingerprint density at radius 3 is 3.06 bits per heavy atom. The van der Waals surface area contributed by atoms with E-state index in [1.807, 2.05) is 0 Å². The van der Waals surface area contributed by atoms with Crippen molar-refractivity contribution >= 4 is 5.97 Å². The van der Waals surface area contributed by atoms with E-state index in [1.165, 1.54) is 6.20 Å². The summed E-state index contributed by atoms with van der Waals surface area (Å²) in [5.74, 6) is -1.03. The first kappa shape index (κ1) is 12.8. The molecule has 0 aromatic carbocycles. The Morgan fingerprint density at radius 1 is 1.61 bits per heavy atom. The molecule has 0 spiro atoms. The van der Waals surface area contributed by atoms with E-state index in [0.29, 0.717) is 12.3 Å². The second kappa shape index (κ2) is 5.77. The molecule has 0 amide bonds. The van der Waals surface area contributed by atoms with E-state index < -0.39 is 5.97 Å². The minimum atomic E-state index is -1.03. The maximum Gasteiger partial charge on any atom is 0.339 e. The molecule has 6 nitrogen and oxygen atoms in total. The van der Waals surface area contributed by atoms with E-state index in [4.69, 9.17) is 14.6 Å². The molecule has 0 bridgehead atoms. The highest BCUT2D eigenvalue weighted by molar-refractivity contribution is 5.88. The van der Waals surface area contributed by atoms with Crippen LogP contribution in [0.3, 0.4) is 0 Å². The molecule has 98 valence electrons. The number of carboxylic acid groups (broad SMARTS) is 1. The van der Waals surface area contributed by atoms with E-state index in [2.05, 4.69) is 9.97 Å². The first-order chi connectivity index (χ1) is 8.66. The summed E-state index contributed by atoms with van der Waals surface area (Å²) in [6.45, 7) is 2.80. The molecule has 2 heterocycles. The fourth-order valence-corrected chi connectivity index (χ4v) is 1.83. The van der Waals surface area contributed by atoms with Gasteiger partial charge in [0.1, 0.15) is 6.61 Å². The van der Waals surface area contributed by atoms with Gasteiger partial charge in [-0.3, -0.25) is 0 Å². The molecule has 0 radical (unpaired) electrons. The number of rotatable bonds is 4. The molecule has 1 atom stereocenters. The molecule has 1 fully saturated rings. The van der Waals surface area contributed by atoms with Gasteiger partial charge in [0.2, 0.25) is 0 Å². The minimum Gasteiger partial charge on any atom is -0.478 e. The van der Waals surface area contributed by atoms with Crippen LogP contribution >= 0.6 is 0 Å². The van der Waals surface area contributed by atoms with Crippen molar-refractivity contribution in [2.45, 2.75) is 32.3 Å². The van der Waals surface area contributed by atoms with Crippen molar-refractivity contribution in [3.63, 3.8) is 0 Å². The van der Waals surface area contributed by atoms with Crippen molar-refractivity contribution < 1.29 is 19.4 Å². The maximum absolute atomic E-state index is 10.8. The lowest BCUT2D eigenvalue weighted by Crippen LogP contribution is -2.26. The lowest BCUT2D eigenvalue weighted by molar-refractivity contribution is -0.0129. The Hall–Kier alpha value is -1.69. The van der Waals surface area contributed by atoms with Crippen molar-refractivity contribution in [3.05, 3.63) is 17.5 Å². The molecule has 1 aromatic heterocycles. The molecule has 1 aliphatic heterocycles. The Labute approximate surface area is 105 Å². The number of aromatic carboxylic acids is 1. The number of hydrogen-bond acceptors (Lipinski definition) is 5. The zero-order chi connectivity index (χ0) is 13.0. The Bertz CT molecular complexity index is 430. The summed E-state index contributed by atoms with van der Waals surface area (Å²) in [6.07, 6.45) is 4.57. The van der Waals surface area contributed by atoms with Gasteiger partial charge >= 0.3 is 12.0 Å². The van der Waals surface area contributed by atoms with Gasteiger partial charge in [0, 0.05) is 12.8 Å². The summed E-state index contributed by atoms with van der Waals surface area (Å²) in [4.78, 5) is 18.7. The number of ether oxygens (including phenoxy) is 2. The average Bonchev–Trinajstić information content (AvgIpc) is 2.37. The Morgan fingerprint density at radius 2 is 2.44 bits per heavy atom. The fraction of sp³-hybridized carbons (Fsp3) is 0.583. The van der Waals surface area contributed by atoms with Gasteiger partial charge in [-0.05, 0) is 26.2 Å². The highest BCUT2D eigenvalue weighted by atomic mass is 16.5. The highest BCUT2D eigenvalue weighted by Crippen LogP contribution is 2.14. The standard InChI is InChI=1S/C12H16N2O4/c1-8-10(11(15)16)6-13-12(14-8)18-7-9-4-2-3-5-17-9/h6,9H,2-5,7H2,1H3,(H,15,16). The van der Waals surface area contributed by atoms with E-state index in [0.717, 1.165) is 25.9 Å². The molecular formula is C12H16N2O4. The summed E-state index contributed by atoms with van der Waals surface area (Å²) < 4.78 is 10.9. The summed E-state index contributed by atoms with van der Waals surface area (Å²) in [5.41, 5.74) is 0.494. The molecule has 1 aromatic rings. The second-order valence-corrected chi connectivity index (χ2v) is 4.26. The summed E-state index contributed by atoms with van der Waals surface area (Å²) >= 11 is 0. The smallest absolute Gasteiger partial charge is 0.339 e. The Kier molecular flexibility index (Phi) is 4.09. The van der Waals surface area contributed by atoms with Crippen LogP contribution in [0, 0.1) is 6.92 Å². The van der Waals surface area contributed by atoms with Crippen molar-refractivity contribution in [3.8, 4) is 6.01 Å². The monoisotopic (exact) mass is 252 g/mol. The van der Waals surface area contributed by atoms with Crippen molar-refractivity contribution in [2.24, 2.45) is 0 Å². The van der Waals surface area contributed by atoms with E-state index in [1.54, 1.807) is 6.92 Å². The van der Waals surface area contributed by atoms with Crippen LogP contribution in [0.1, 0.15) is 35.3 Å². The van der Waals surface area contributed by atoms with Crippen LogP contribution in [0.15, 0.2) is 6.20 Å². The summed E-state index contributed by atoms with van der Waals surface area (Å²) in [6, 6.07) is 0.201. The Balaban J connectivity index is 1.93. The van der Waals surface area contributed by atoms with Gasteiger partial charge < -0.3 is 14.6 Å². The lowest BCUT2D eigenvalue weighted by atomic mass is 10.1. The van der Waals surface area contributed by atoms with E-state index in [9.17, 15) is 4.79 Å². The quantitative estimate of drug-likeness (QED) is 0.873. The van der Waals surface area contributed by atoms with Crippen molar-refractivity contribution in [1.29, 1.82) is 0 Å². The van der Waals surface area contributed by atoms with Crippen LogP contribution in [-0.2, 0) is 4.74 Å². The number of carboxylic acids is 1. The molecule has 0 saturated carbocycles. The molecule has 1 aliphatic rings. The van der Waals surface area contributed by atoms with Crippen molar-refractivity contribution in [2.75, 3.05) is 13.2 Å². The number of hydrogen-bond donors (Lipinski definition) is 1. The molecule has 0 aliphatic carbocycles. The molecule has 2 rings (SSSR count). The van der Waals surface area contributed by atoms with Crippen LogP contribution in [0.4, 0.5) is 0 Å². The number of nitrogens with zero attached hydrogens (tertiary/aromatic N) is 2. The van der Waals surface area contributed by atoms with Crippen LogP contribution in [0.2, 0.25) is 0 Å². The third-order valence-electron chi connectivity index (χ3n) is 2.86. The molecule has 6 heteroatoms. The second-order valence-electron chi connectivity index (χ2n) is 4.26. The van der Waals surface area contributed by atoms with Gasteiger partial charge in [0.15, 0.2) is 0 Å². The van der Waals surface area contributed by atoms with Crippen LogP contribution in [-0.4, -0.2) is 40.4 Å². The summed E-state index contributed by atoms with van der Waals surface area (Å²) in [7, 11) is 0. The average molecular weight is 252 g/mol. The fourth-order valence-electron chi connectivity index (χ4n) is 1.83. The predicted molar refractivity (Wildman–Crippen MR) is 62.8 cm³/mol. The molecule has 1 saturated heterocycles. The van der Waals surface area contributed by atoms with Crippen molar-refractivity contribution in [1.82, 2.24) is 9.97 Å². The van der Waals surface area contributed by atoms with E-state index in [-0.39, 0.29) is 17.7 Å². The number of aryl methyl sites for hydroxylation is 1. The first-order valence-electron chi connectivity index (χ1n) is 5.98. The van der Waals surface area contributed by atoms with Gasteiger partial charge in [-0.25, -0.2) is 9.78 Å². The van der Waals surface area contributed by atoms with Gasteiger partial charge in [-0.1, -0.05) is 0 Å². The van der Waals surface area contributed by atoms with Gasteiger partial charge in [0.05, 0.1) is 17.4 Å². The highest BCUT2D eigenvalue weighted by Gasteiger charge is 2.16.